The lowest BCUT2D eigenvalue weighted by molar-refractivity contribution is -0.138. The molecule has 0 amide bonds. The van der Waals surface area contributed by atoms with Crippen LogP contribution in [0.4, 0.5) is 13.2 Å². The van der Waals surface area contributed by atoms with E-state index in [-0.39, 0.29) is 33.5 Å². The van der Waals surface area contributed by atoms with E-state index in [0.29, 0.717) is 10.7 Å². The molecule has 0 atom stereocenters. The number of aromatic amines is 1. The average molecular weight is 411 g/mol. The van der Waals surface area contributed by atoms with Crippen LogP contribution in [-0.2, 0) is 6.18 Å². The van der Waals surface area contributed by atoms with Gasteiger partial charge in [-0.05, 0) is 18.4 Å². The zero-order valence-corrected chi connectivity index (χ0v) is 15.0. The van der Waals surface area contributed by atoms with Crippen molar-refractivity contribution < 1.29 is 17.9 Å². The van der Waals surface area contributed by atoms with Crippen LogP contribution in [0.3, 0.4) is 0 Å². The normalized spacial score (nSPS) is 11.2. The van der Waals surface area contributed by atoms with E-state index in [2.05, 4.69) is 20.2 Å². The summed E-state index contributed by atoms with van der Waals surface area (Å²) in [6.07, 6.45) is -2.90. The summed E-state index contributed by atoms with van der Waals surface area (Å²) in [6, 6.07) is 7.89. The van der Waals surface area contributed by atoms with Crippen molar-refractivity contribution in [3.05, 3.63) is 45.2 Å². The van der Waals surface area contributed by atoms with Crippen molar-refractivity contribution in [1.29, 1.82) is 5.26 Å². The van der Waals surface area contributed by atoms with E-state index in [4.69, 9.17) is 4.74 Å². The highest BCUT2D eigenvalue weighted by Gasteiger charge is 2.36. The van der Waals surface area contributed by atoms with Gasteiger partial charge >= 0.3 is 6.18 Å². The summed E-state index contributed by atoms with van der Waals surface area (Å²) in [5, 5.41) is 14.5. The summed E-state index contributed by atoms with van der Waals surface area (Å²) in [4.78, 5) is 18.7. The molecule has 0 aliphatic carbocycles. The zero-order chi connectivity index (χ0) is 19.6. The maximum absolute atomic E-state index is 12.6. The van der Waals surface area contributed by atoms with Crippen LogP contribution < -0.4 is 10.3 Å². The third-order valence-electron chi connectivity index (χ3n) is 3.16. The van der Waals surface area contributed by atoms with Crippen LogP contribution in [0, 0.1) is 11.3 Å². The van der Waals surface area contributed by atoms with E-state index >= 15 is 0 Å². The van der Waals surface area contributed by atoms with E-state index in [9.17, 15) is 23.2 Å². The Morgan fingerprint density at radius 3 is 2.74 bits per heavy atom. The number of alkyl halides is 3. The van der Waals surface area contributed by atoms with E-state index in [1.54, 1.807) is 24.5 Å². The fourth-order valence-electron chi connectivity index (χ4n) is 2.04. The third kappa shape index (κ3) is 4.09. The Bertz CT molecular complexity index is 1090. The van der Waals surface area contributed by atoms with Gasteiger partial charge in [-0.25, -0.2) is 4.98 Å². The average Bonchev–Trinajstić information content (AvgIpc) is 3.10. The molecule has 0 radical (unpaired) electrons. The van der Waals surface area contributed by atoms with Gasteiger partial charge in [0.1, 0.15) is 17.4 Å². The van der Waals surface area contributed by atoms with Crippen molar-refractivity contribution in [2.45, 2.75) is 11.3 Å². The minimum absolute atomic E-state index is 0.143. The number of nitriles is 1. The summed E-state index contributed by atoms with van der Waals surface area (Å²) >= 11 is 1.45. The molecule has 0 aliphatic rings. The SMILES string of the molecule is CSc1nc(-c2cccc(Oc3nnc(C(F)(F)F)s3)c2)c(C#N)c(=O)[nH]1. The molecule has 0 unspecified atom stereocenters. The first-order valence-electron chi connectivity index (χ1n) is 7.09. The summed E-state index contributed by atoms with van der Waals surface area (Å²) in [7, 11) is 0. The predicted molar refractivity (Wildman–Crippen MR) is 91.8 cm³/mol. The Balaban J connectivity index is 1.97. The molecule has 0 bridgehead atoms. The molecule has 1 N–H and O–H groups in total. The molecule has 1 aromatic carbocycles. The second-order valence-electron chi connectivity index (χ2n) is 4.91. The lowest BCUT2D eigenvalue weighted by Gasteiger charge is -2.07. The molecule has 0 aliphatic heterocycles. The number of benzene rings is 1. The third-order valence-corrected chi connectivity index (χ3v) is 4.59. The maximum Gasteiger partial charge on any atom is 0.445 e. The second kappa shape index (κ2) is 7.37. The Kier molecular flexibility index (Phi) is 5.15. The minimum atomic E-state index is -4.61. The molecule has 0 spiro atoms. The van der Waals surface area contributed by atoms with Crippen LogP contribution in [-0.4, -0.2) is 26.4 Å². The van der Waals surface area contributed by atoms with Crippen molar-refractivity contribution in [3.63, 3.8) is 0 Å². The van der Waals surface area contributed by atoms with Crippen LogP contribution in [0.25, 0.3) is 11.3 Å². The first kappa shape index (κ1) is 18.9. The van der Waals surface area contributed by atoms with Gasteiger partial charge in [0.05, 0.1) is 5.69 Å². The summed E-state index contributed by atoms with van der Waals surface area (Å²) in [5.74, 6) is 0.161. The Hall–Kier alpha value is -2.91. The number of aromatic nitrogens is 4. The topological polar surface area (TPSA) is 105 Å². The first-order valence-corrected chi connectivity index (χ1v) is 9.13. The number of rotatable bonds is 4. The molecule has 0 saturated carbocycles. The van der Waals surface area contributed by atoms with E-state index < -0.39 is 16.7 Å². The van der Waals surface area contributed by atoms with Gasteiger partial charge in [-0.15, -0.1) is 5.10 Å². The number of nitrogens with one attached hydrogen (secondary N) is 1. The van der Waals surface area contributed by atoms with Crippen molar-refractivity contribution in [1.82, 2.24) is 20.2 Å². The smallest absolute Gasteiger partial charge is 0.430 e. The standard InChI is InChI=1S/C15H8F3N5O2S2/c1-26-13-20-10(9(6-19)11(24)21-13)7-3-2-4-8(5-7)25-14-23-22-12(27-14)15(16,17)18/h2-5H,1H3,(H,20,21,24). The van der Waals surface area contributed by atoms with E-state index in [0.717, 1.165) is 0 Å². The fraction of sp³-hybridized carbons (Fsp3) is 0.133. The van der Waals surface area contributed by atoms with Gasteiger partial charge in [-0.1, -0.05) is 40.3 Å². The summed E-state index contributed by atoms with van der Waals surface area (Å²) < 4.78 is 43.1. The predicted octanol–water partition coefficient (Wildman–Crippen LogP) is 3.69. The molecule has 7 nitrogen and oxygen atoms in total. The number of hydrogen-bond acceptors (Lipinski definition) is 8. The Labute approximate surface area is 157 Å². The van der Waals surface area contributed by atoms with E-state index in [1.807, 2.05) is 0 Å². The van der Waals surface area contributed by atoms with Gasteiger partial charge in [-0.2, -0.15) is 18.4 Å². The van der Waals surface area contributed by atoms with Crippen molar-refractivity contribution in [2.75, 3.05) is 6.26 Å². The molecule has 3 rings (SSSR count). The molecule has 2 aromatic heterocycles. The van der Waals surface area contributed by atoms with Gasteiger partial charge < -0.3 is 9.72 Å². The molecule has 2 heterocycles. The van der Waals surface area contributed by atoms with Crippen LogP contribution in [0.5, 0.6) is 10.9 Å². The first-order chi connectivity index (χ1) is 12.8. The zero-order valence-electron chi connectivity index (χ0n) is 13.4. The highest BCUT2D eigenvalue weighted by atomic mass is 32.2. The van der Waals surface area contributed by atoms with Gasteiger partial charge in [0.2, 0.25) is 5.01 Å². The number of ether oxygens (including phenoxy) is 1. The number of nitrogens with zero attached hydrogens (tertiary/aromatic N) is 4. The lowest BCUT2D eigenvalue weighted by atomic mass is 10.1. The maximum atomic E-state index is 12.6. The highest BCUT2D eigenvalue weighted by Crippen LogP contribution is 2.36. The molecular formula is C15H8F3N5O2S2. The Morgan fingerprint density at radius 2 is 2.11 bits per heavy atom. The van der Waals surface area contributed by atoms with Gasteiger partial charge in [-0.3, -0.25) is 4.79 Å². The molecule has 138 valence electrons. The number of hydrogen-bond donors (Lipinski definition) is 1. The summed E-state index contributed by atoms with van der Waals surface area (Å²) in [6.45, 7) is 0. The van der Waals surface area contributed by atoms with Crippen LogP contribution >= 0.6 is 23.1 Å². The molecular weight excluding hydrogens is 403 g/mol. The number of thioether (sulfide) groups is 1. The fourth-order valence-corrected chi connectivity index (χ4v) is 2.99. The van der Waals surface area contributed by atoms with Crippen LogP contribution in [0.1, 0.15) is 10.6 Å². The van der Waals surface area contributed by atoms with Crippen molar-refractivity contribution in [2.24, 2.45) is 0 Å². The number of H-pyrrole nitrogens is 1. The minimum Gasteiger partial charge on any atom is -0.430 e. The van der Waals surface area contributed by atoms with Gasteiger partial charge in [0.15, 0.2) is 5.16 Å². The summed E-state index contributed by atoms with van der Waals surface area (Å²) in [5.41, 5.74) is -0.229. The monoisotopic (exact) mass is 411 g/mol. The number of halogens is 3. The quantitative estimate of drug-likeness (QED) is 0.516. The molecule has 0 saturated heterocycles. The van der Waals surface area contributed by atoms with Crippen LogP contribution in [0.15, 0.2) is 34.2 Å². The van der Waals surface area contributed by atoms with E-state index in [1.165, 1.54) is 23.9 Å². The second-order valence-corrected chi connectivity index (χ2v) is 6.65. The van der Waals surface area contributed by atoms with Crippen molar-refractivity contribution >= 4 is 23.1 Å². The largest absolute Gasteiger partial charge is 0.445 e. The van der Waals surface area contributed by atoms with Crippen LogP contribution in [0.2, 0.25) is 0 Å². The Morgan fingerprint density at radius 1 is 1.33 bits per heavy atom. The molecule has 27 heavy (non-hydrogen) atoms. The molecule has 3 aromatic rings. The van der Waals surface area contributed by atoms with Crippen molar-refractivity contribution in [3.8, 4) is 28.3 Å². The van der Waals surface area contributed by atoms with Gasteiger partial charge in [0.25, 0.3) is 10.8 Å². The lowest BCUT2D eigenvalue weighted by Crippen LogP contribution is -2.14. The molecule has 0 fully saturated rings. The molecule has 12 heteroatoms. The highest BCUT2D eigenvalue weighted by molar-refractivity contribution is 7.98. The van der Waals surface area contributed by atoms with Gasteiger partial charge in [0, 0.05) is 5.56 Å².